The van der Waals surface area contributed by atoms with Crippen molar-refractivity contribution in [2.24, 2.45) is 5.92 Å². The summed E-state index contributed by atoms with van der Waals surface area (Å²) in [4.78, 5) is 7.84. The van der Waals surface area contributed by atoms with Gasteiger partial charge in [0.2, 0.25) is 0 Å². The van der Waals surface area contributed by atoms with Crippen LogP contribution in [0.2, 0.25) is 0 Å². The molecule has 1 heterocycles. The Hall–Kier alpha value is -1.23. The number of nitrogens with zero attached hydrogens (tertiary/aromatic N) is 2. The lowest BCUT2D eigenvalue weighted by atomic mass is 9.87. The first-order valence-corrected chi connectivity index (χ1v) is 6.62. The third-order valence-corrected chi connectivity index (χ3v) is 3.57. The van der Waals surface area contributed by atoms with Crippen LogP contribution >= 0.6 is 0 Å². The molecule has 2 rings (SSSR count). The van der Waals surface area contributed by atoms with Crippen molar-refractivity contribution in [2.75, 3.05) is 11.9 Å². The van der Waals surface area contributed by atoms with Crippen LogP contribution < -0.4 is 5.32 Å². The maximum atomic E-state index is 13.9. The van der Waals surface area contributed by atoms with E-state index in [4.69, 9.17) is 0 Å². The van der Waals surface area contributed by atoms with Crippen molar-refractivity contribution in [2.45, 2.75) is 45.1 Å². The standard InChI is InChI=1S/C13H20FN3O/c1-2-11-12(14)13(17-8-16-11)15-7-9-3-5-10(18)6-4-9/h8-10,18H,2-7H2,1H3,(H,15,16,17). The van der Waals surface area contributed by atoms with Crippen LogP contribution in [0.3, 0.4) is 0 Å². The van der Waals surface area contributed by atoms with Crippen LogP contribution in [0.25, 0.3) is 0 Å². The second-order valence-electron chi connectivity index (χ2n) is 4.89. The summed E-state index contributed by atoms with van der Waals surface area (Å²) in [5.74, 6) is 0.455. The molecule has 1 saturated carbocycles. The summed E-state index contributed by atoms with van der Waals surface area (Å²) in [7, 11) is 0. The summed E-state index contributed by atoms with van der Waals surface area (Å²) < 4.78 is 13.9. The van der Waals surface area contributed by atoms with Crippen LogP contribution in [0.4, 0.5) is 10.2 Å². The fourth-order valence-corrected chi connectivity index (χ4v) is 2.37. The molecule has 2 N–H and O–H groups in total. The van der Waals surface area contributed by atoms with Crippen LogP contribution in [-0.4, -0.2) is 27.7 Å². The molecular weight excluding hydrogens is 233 g/mol. The van der Waals surface area contributed by atoms with Gasteiger partial charge in [0, 0.05) is 6.54 Å². The third kappa shape index (κ3) is 3.16. The van der Waals surface area contributed by atoms with Gasteiger partial charge in [-0.25, -0.2) is 14.4 Å². The van der Waals surface area contributed by atoms with Crippen molar-refractivity contribution in [1.82, 2.24) is 9.97 Å². The third-order valence-electron chi connectivity index (χ3n) is 3.57. The Morgan fingerprint density at radius 1 is 1.33 bits per heavy atom. The number of hydrogen-bond donors (Lipinski definition) is 2. The molecule has 1 aliphatic carbocycles. The van der Waals surface area contributed by atoms with Gasteiger partial charge in [0.15, 0.2) is 11.6 Å². The lowest BCUT2D eigenvalue weighted by Crippen LogP contribution is -2.24. The zero-order valence-electron chi connectivity index (χ0n) is 10.7. The van der Waals surface area contributed by atoms with Crippen molar-refractivity contribution in [1.29, 1.82) is 0 Å². The molecule has 1 fully saturated rings. The van der Waals surface area contributed by atoms with Gasteiger partial charge in [-0.1, -0.05) is 6.92 Å². The number of aliphatic hydroxyl groups is 1. The monoisotopic (exact) mass is 253 g/mol. The van der Waals surface area contributed by atoms with Gasteiger partial charge in [0.05, 0.1) is 11.8 Å². The number of nitrogens with one attached hydrogen (secondary N) is 1. The van der Waals surface area contributed by atoms with Crippen molar-refractivity contribution < 1.29 is 9.50 Å². The maximum absolute atomic E-state index is 13.9. The zero-order valence-corrected chi connectivity index (χ0v) is 10.7. The second kappa shape index (κ2) is 6.09. The van der Waals surface area contributed by atoms with Crippen LogP contribution in [0.5, 0.6) is 0 Å². The zero-order chi connectivity index (χ0) is 13.0. The predicted molar refractivity (Wildman–Crippen MR) is 67.8 cm³/mol. The highest BCUT2D eigenvalue weighted by Gasteiger charge is 2.19. The molecule has 4 nitrogen and oxygen atoms in total. The summed E-state index contributed by atoms with van der Waals surface area (Å²) in [5, 5.41) is 12.5. The van der Waals surface area contributed by atoms with Crippen LogP contribution in [0.15, 0.2) is 6.33 Å². The molecule has 0 unspecified atom stereocenters. The molecule has 0 atom stereocenters. The van der Waals surface area contributed by atoms with Gasteiger partial charge in [0.1, 0.15) is 6.33 Å². The van der Waals surface area contributed by atoms with Crippen LogP contribution in [0, 0.1) is 11.7 Å². The molecule has 5 heteroatoms. The van der Waals surface area contributed by atoms with Gasteiger partial charge < -0.3 is 10.4 Å². The Balaban J connectivity index is 1.90. The van der Waals surface area contributed by atoms with E-state index < -0.39 is 0 Å². The predicted octanol–water partition coefficient (Wildman–Crippen LogP) is 2.14. The lowest BCUT2D eigenvalue weighted by molar-refractivity contribution is 0.111. The number of halogens is 1. The van der Waals surface area contributed by atoms with E-state index in [0.717, 1.165) is 25.7 Å². The van der Waals surface area contributed by atoms with Crippen LogP contribution in [-0.2, 0) is 6.42 Å². The van der Waals surface area contributed by atoms with E-state index in [1.165, 1.54) is 6.33 Å². The van der Waals surface area contributed by atoms with E-state index in [1.807, 2.05) is 6.92 Å². The van der Waals surface area contributed by atoms with Crippen molar-refractivity contribution in [3.63, 3.8) is 0 Å². The minimum absolute atomic E-state index is 0.149. The molecule has 0 saturated heterocycles. The fourth-order valence-electron chi connectivity index (χ4n) is 2.37. The second-order valence-corrected chi connectivity index (χ2v) is 4.89. The summed E-state index contributed by atoms with van der Waals surface area (Å²) in [6.45, 7) is 2.58. The summed E-state index contributed by atoms with van der Waals surface area (Å²) >= 11 is 0. The molecule has 100 valence electrons. The molecule has 0 radical (unpaired) electrons. The Labute approximate surface area is 107 Å². The molecule has 0 aliphatic heterocycles. The van der Waals surface area contributed by atoms with E-state index in [9.17, 15) is 9.50 Å². The van der Waals surface area contributed by atoms with Gasteiger partial charge in [-0.15, -0.1) is 0 Å². The van der Waals surface area contributed by atoms with E-state index in [0.29, 0.717) is 30.4 Å². The molecule has 1 aliphatic rings. The largest absolute Gasteiger partial charge is 0.393 e. The number of aliphatic hydroxyl groups excluding tert-OH is 1. The molecule has 0 amide bonds. The van der Waals surface area contributed by atoms with Gasteiger partial charge in [-0.05, 0) is 38.0 Å². The molecule has 0 aromatic carbocycles. The molecule has 1 aromatic rings. The molecule has 18 heavy (non-hydrogen) atoms. The molecule has 0 spiro atoms. The number of hydrogen-bond acceptors (Lipinski definition) is 4. The first-order chi connectivity index (χ1) is 8.70. The minimum atomic E-state index is -0.337. The van der Waals surface area contributed by atoms with Crippen molar-refractivity contribution >= 4 is 5.82 Å². The van der Waals surface area contributed by atoms with E-state index in [2.05, 4.69) is 15.3 Å². The highest BCUT2D eigenvalue weighted by atomic mass is 19.1. The lowest BCUT2D eigenvalue weighted by Gasteiger charge is -2.25. The molecule has 1 aromatic heterocycles. The highest BCUT2D eigenvalue weighted by Crippen LogP contribution is 2.24. The van der Waals surface area contributed by atoms with Gasteiger partial charge >= 0.3 is 0 Å². The number of rotatable bonds is 4. The van der Waals surface area contributed by atoms with Gasteiger partial charge in [-0.3, -0.25) is 0 Å². The normalized spacial score (nSPS) is 23.9. The highest BCUT2D eigenvalue weighted by molar-refractivity contribution is 5.37. The Morgan fingerprint density at radius 3 is 2.72 bits per heavy atom. The Kier molecular flexibility index (Phi) is 4.47. The first kappa shape index (κ1) is 13.2. The molecule has 0 bridgehead atoms. The minimum Gasteiger partial charge on any atom is -0.393 e. The molecular formula is C13H20FN3O. The van der Waals surface area contributed by atoms with Crippen molar-refractivity contribution in [3.05, 3.63) is 17.8 Å². The first-order valence-electron chi connectivity index (χ1n) is 6.62. The fraction of sp³-hybridized carbons (Fsp3) is 0.692. The van der Waals surface area contributed by atoms with E-state index in [1.54, 1.807) is 0 Å². The van der Waals surface area contributed by atoms with Gasteiger partial charge in [0.25, 0.3) is 0 Å². The smallest absolute Gasteiger partial charge is 0.186 e. The topological polar surface area (TPSA) is 58.0 Å². The van der Waals surface area contributed by atoms with Crippen molar-refractivity contribution in [3.8, 4) is 0 Å². The van der Waals surface area contributed by atoms with Crippen LogP contribution in [0.1, 0.15) is 38.3 Å². The SMILES string of the molecule is CCc1ncnc(NCC2CCC(O)CC2)c1F. The van der Waals surface area contributed by atoms with Gasteiger partial charge in [-0.2, -0.15) is 0 Å². The average molecular weight is 253 g/mol. The number of aromatic nitrogens is 2. The Bertz CT molecular complexity index is 392. The summed E-state index contributed by atoms with van der Waals surface area (Å²) in [6, 6.07) is 0. The maximum Gasteiger partial charge on any atom is 0.186 e. The van der Waals surface area contributed by atoms with E-state index >= 15 is 0 Å². The summed E-state index contributed by atoms with van der Waals surface area (Å²) in [5.41, 5.74) is 0.451. The quantitative estimate of drug-likeness (QED) is 0.863. The average Bonchev–Trinajstić information content (AvgIpc) is 2.39. The summed E-state index contributed by atoms with van der Waals surface area (Å²) in [6.07, 6.45) is 5.48. The van der Waals surface area contributed by atoms with E-state index in [-0.39, 0.29) is 11.9 Å². The number of anilines is 1. The number of aryl methyl sites for hydroxylation is 1. The Morgan fingerprint density at radius 2 is 2.06 bits per heavy atom.